The number of aromatic nitrogens is 3. The van der Waals surface area contributed by atoms with Gasteiger partial charge in [0.15, 0.2) is 0 Å². The van der Waals surface area contributed by atoms with Crippen LogP contribution in [-0.2, 0) is 19.3 Å². The van der Waals surface area contributed by atoms with Gasteiger partial charge in [-0.15, -0.1) is 0 Å². The standard InChI is InChI=1S/C15H18N4/c16-15-12-7-2-1-3-8-13(12)18-14(19-15)10-11-6-4-5-9-17-11/h4-6,9H,1-3,7-8,10H2,(H2,16,18,19). The molecule has 0 spiro atoms. The van der Waals surface area contributed by atoms with E-state index in [0.717, 1.165) is 30.1 Å². The van der Waals surface area contributed by atoms with E-state index in [-0.39, 0.29) is 0 Å². The quantitative estimate of drug-likeness (QED) is 0.835. The van der Waals surface area contributed by atoms with Crippen molar-refractivity contribution < 1.29 is 0 Å². The summed E-state index contributed by atoms with van der Waals surface area (Å²) in [6.07, 6.45) is 8.14. The van der Waals surface area contributed by atoms with Gasteiger partial charge in [0.2, 0.25) is 0 Å². The molecule has 0 aliphatic heterocycles. The number of nitrogens with zero attached hydrogens (tertiary/aromatic N) is 3. The second kappa shape index (κ2) is 5.34. The van der Waals surface area contributed by atoms with Crippen LogP contribution in [0.15, 0.2) is 24.4 Å². The van der Waals surface area contributed by atoms with Gasteiger partial charge in [-0.1, -0.05) is 12.5 Å². The smallest absolute Gasteiger partial charge is 0.136 e. The summed E-state index contributed by atoms with van der Waals surface area (Å²) in [5.74, 6) is 1.45. The lowest BCUT2D eigenvalue weighted by Gasteiger charge is -2.10. The zero-order chi connectivity index (χ0) is 13.1. The molecule has 0 unspecified atom stereocenters. The van der Waals surface area contributed by atoms with Crippen molar-refractivity contribution in [3.8, 4) is 0 Å². The maximum Gasteiger partial charge on any atom is 0.136 e. The van der Waals surface area contributed by atoms with E-state index < -0.39 is 0 Å². The van der Waals surface area contributed by atoms with Crippen LogP contribution in [0.5, 0.6) is 0 Å². The zero-order valence-electron chi connectivity index (χ0n) is 11.0. The first-order valence-electron chi connectivity index (χ1n) is 6.87. The van der Waals surface area contributed by atoms with E-state index in [0.29, 0.717) is 12.2 Å². The van der Waals surface area contributed by atoms with Crippen LogP contribution < -0.4 is 5.73 Å². The number of hydrogen-bond acceptors (Lipinski definition) is 4. The number of anilines is 1. The molecule has 4 heteroatoms. The molecular weight excluding hydrogens is 236 g/mol. The Balaban J connectivity index is 1.91. The predicted molar refractivity (Wildman–Crippen MR) is 74.7 cm³/mol. The summed E-state index contributed by atoms with van der Waals surface area (Å²) in [6, 6.07) is 5.89. The van der Waals surface area contributed by atoms with Crippen molar-refractivity contribution in [1.29, 1.82) is 0 Å². The molecule has 0 saturated carbocycles. The van der Waals surface area contributed by atoms with Crippen molar-refractivity contribution >= 4 is 5.82 Å². The van der Waals surface area contributed by atoms with Gasteiger partial charge in [0, 0.05) is 23.1 Å². The van der Waals surface area contributed by atoms with Gasteiger partial charge >= 0.3 is 0 Å². The number of nitrogens with two attached hydrogens (primary N) is 1. The first-order valence-corrected chi connectivity index (χ1v) is 6.87. The molecular formula is C15H18N4. The molecule has 4 nitrogen and oxygen atoms in total. The molecule has 19 heavy (non-hydrogen) atoms. The van der Waals surface area contributed by atoms with Crippen molar-refractivity contribution in [2.45, 2.75) is 38.5 Å². The third-order valence-electron chi connectivity index (χ3n) is 3.58. The summed E-state index contributed by atoms with van der Waals surface area (Å²) in [4.78, 5) is 13.5. The lowest BCUT2D eigenvalue weighted by molar-refractivity contribution is 0.708. The van der Waals surface area contributed by atoms with E-state index in [1.54, 1.807) is 6.20 Å². The SMILES string of the molecule is Nc1nc(Cc2ccccn2)nc2c1CCCCC2. The molecule has 0 fully saturated rings. The number of nitrogen functional groups attached to an aromatic ring is 1. The van der Waals surface area contributed by atoms with Crippen LogP contribution in [-0.4, -0.2) is 15.0 Å². The lowest BCUT2D eigenvalue weighted by Crippen LogP contribution is -2.09. The third kappa shape index (κ3) is 2.72. The highest BCUT2D eigenvalue weighted by molar-refractivity contribution is 5.43. The van der Waals surface area contributed by atoms with E-state index in [9.17, 15) is 0 Å². The maximum absolute atomic E-state index is 6.09. The molecule has 1 aliphatic carbocycles. The second-order valence-corrected chi connectivity index (χ2v) is 5.01. The Morgan fingerprint density at radius 3 is 2.79 bits per heavy atom. The highest BCUT2D eigenvalue weighted by Crippen LogP contribution is 2.23. The van der Waals surface area contributed by atoms with Gasteiger partial charge < -0.3 is 5.73 Å². The van der Waals surface area contributed by atoms with E-state index >= 15 is 0 Å². The van der Waals surface area contributed by atoms with Gasteiger partial charge in [0.05, 0.1) is 6.42 Å². The minimum absolute atomic E-state index is 0.651. The highest BCUT2D eigenvalue weighted by atomic mass is 15.0. The van der Waals surface area contributed by atoms with E-state index in [4.69, 9.17) is 10.7 Å². The Hall–Kier alpha value is -1.97. The average molecular weight is 254 g/mol. The van der Waals surface area contributed by atoms with Crippen molar-refractivity contribution in [1.82, 2.24) is 15.0 Å². The molecule has 0 aromatic carbocycles. The number of hydrogen-bond donors (Lipinski definition) is 1. The van der Waals surface area contributed by atoms with E-state index in [2.05, 4.69) is 9.97 Å². The van der Waals surface area contributed by atoms with Crippen LogP contribution in [0, 0.1) is 0 Å². The number of aryl methyl sites for hydroxylation is 1. The summed E-state index contributed by atoms with van der Waals surface area (Å²) in [5.41, 5.74) is 9.39. The Morgan fingerprint density at radius 2 is 1.95 bits per heavy atom. The second-order valence-electron chi connectivity index (χ2n) is 5.01. The van der Waals surface area contributed by atoms with Crippen molar-refractivity contribution in [3.63, 3.8) is 0 Å². The van der Waals surface area contributed by atoms with E-state index in [1.165, 1.54) is 24.8 Å². The lowest BCUT2D eigenvalue weighted by atomic mass is 10.1. The Labute approximate surface area is 113 Å². The minimum atomic E-state index is 0.651. The molecule has 1 aliphatic rings. The highest BCUT2D eigenvalue weighted by Gasteiger charge is 2.15. The predicted octanol–water partition coefficient (Wildman–Crippen LogP) is 2.31. The van der Waals surface area contributed by atoms with Crippen LogP contribution in [0.3, 0.4) is 0 Å². The minimum Gasteiger partial charge on any atom is -0.383 e. The zero-order valence-corrected chi connectivity index (χ0v) is 11.0. The first-order chi connectivity index (χ1) is 9.33. The Morgan fingerprint density at radius 1 is 1.05 bits per heavy atom. The van der Waals surface area contributed by atoms with Crippen LogP contribution >= 0.6 is 0 Å². The van der Waals surface area contributed by atoms with Crippen molar-refractivity contribution in [3.05, 3.63) is 47.2 Å². The molecule has 0 atom stereocenters. The molecule has 2 aromatic heterocycles. The summed E-state index contributed by atoms with van der Waals surface area (Å²) in [5, 5.41) is 0. The normalized spacial score (nSPS) is 14.7. The van der Waals surface area contributed by atoms with Gasteiger partial charge in [-0.3, -0.25) is 4.98 Å². The van der Waals surface area contributed by atoms with Crippen LogP contribution in [0.1, 0.15) is 42.0 Å². The molecule has 0 amide bonds. The monoisotopic (exact) mass is 254 g/mol. The molecule has 2 N–H and O–H groups in total. The largest absolute Gasteiger partial charge is 0.383 e. The van der Waals surface area contributed by atoms with Crippen molar-refractivity contribution in [2.24, 2.45) is 0 Å². The van der Waals surface area contributed by atoms with Gasteiger partial charge in [-0.05, 0) is 37.8 Å². The third-order valence-corrected chi connectivity index (χ3v) is 3.58. The number of fused-ring (bicyclic) bond motifs is 1. The Bertz CT molecular complexity index is 566. The van der Waals surface area contributed by atoms with Gasteiger partial charge in [-0.25, -0.2) is 9.97 Å². The summed E-state index contributed by atoms with van der Waals surface area (Å²) >= 11 is 0. The fourth-order valence-corrected chi connectivity index (χ4v) is 2.60. The topological polar surface area (TPSA) is 64.7 Å². The fourth-order valence-electron chi connectivity index (χ4n) is 2.60. The molecule has 2 heterocycles. The summed E-state index contributed by atoms with van der Waals surface area (Å²) in [7, 11) is 0. The number of rotatable bonds is 2. The van der Waals surface area contributed by atoms with Crippen LogP contribution in [0.4, 0.5) is 5.82 Å². The van der Waals surface area contributed by atoms with Gasteiger partial charge in [0.25, 0.3) is 0 Å². The molecule has 0 saturated heterocycles. The Kier molecular flexibility index (Phi) is 3.40. The first kappa shape index (κ1) is 12.1. The average Bonchev–Trinajstić information content (AvgIpc) is 2.65. The van der Waals surface area contributed by atoms with Crippen molar-refractivity contribution in [2.75, 3.05) is 5.73 Å². The summed E-state index contributed by atoms with van der Waals surface area (Å²) in [6.45, 7) is 0. The maximum atomic E-state index is 6.09. The molecule has 0 radical (unpaired) electrons. The van der Waals surface area contributed by atoms with E-state index in [1.807, 2.05) is 18.2 Å². The van der Waals surface area contributed by atoms with Crippen LogP contribution in [0.2, 0.25) is 0 Å². The van der Waals surface area contributed by atoms with Gasteiger partial charge in [0.1, 0.15) is 11.6 Å². The fraction of sp³-hybridized carbons (Fsp3) is 0.400. The van der Waals surface area contributed by atoms with Crippen LogP contribution in [0.25, 0.3) is 0 Å². The van der Waals surface area contributed by atoms with Gasteiger partial charge in [-0.2, -0.15) is 0 Å². The summed E-state index contributed by atoms with van der Waals surface area (Å²) < 4.78 is 0. The molecule has 98 valence electrons. The molecule has 0 bridgehead atoms. The molecule has 3 rings (SSSR count). The molecule has 2 aromatic rings. The number of pyridine rings is 1.